The summed E-state index contributed by atoms with van der Waals surface area (Å²) >= 11 is 0. The summed E-state index contributed by atoms with van der Waals surface area (Å²) in [5.74, 6) is 0. The number of hydrogen-bond acceptors (Lipinski definition) is 4. The molecule has 0 radical (unpaired) electrons. The van der Waals surface area contributed by atoms with Crippen LogP contribution >= 0.6 is 0 Å². The van der Waals surface area contributed by atoms with Gasteiger partial charge < -0.3 is 10.6 Å². The molecule has 2 unspecified atom stereocenters. The van der Waals surface area contributed by atoms with Crippen molar-refractivity contribution in [2.75, 3.05) is 26.7 Å². The van der Waals surface area contributed by atoms with E-state index in [0.29, 0.717) is 6.04 Å². The molecule has 0 aromatic carbocycles. The largest absolute Gasteiger partial charge is 0.326 e. The number of likely N-dealkylation sites (N-methyl/N-ethyl adjacent to an activating group) is 1. The lowest BCUT2D eigenvalue weighted by Gasteiger charge is -2.41. The van der Waals surface area contributed by atoms with Crippen molar-refractivity contribution in [2.45, 2.75) is 44.8 Å². The van der Waals surface area contributed by atoms with Gasteiger partial charge >= 0.3 is 0 Å². The van der Waals surface area contributed by atoms with Crippen LogP contribution in [0.3, 0.4) is 0 Å². The molecule has 1 aromatic heterocycles. The molecule has 0 amide bonds. The van der Waals surface area contributed by atoms with Crippen molar-refractivity contribution in [3.63, 3.8) is 0 Å². The second-order valence-electron chi connectivity index (χ2n) is 5.92. The van der Waals surface area contributed by atoms with Gasteiger partial charge in [-0.15, -0.1) is 0 Å². The summed E-state index contributed by atoms with van der Waals surface area (Å²) in [4.78, 5) is 9.24. The van der Waals surface area contributed by atoms with Gasteiger partial charge in [-0.1, -0.05) is 13.0 Å². The van der Waals surface area contributed by atoms with E-state index in [2.05, 4.69) is 41.7 Å². The number of piperidine rings is 1. The number of rotatable bonds is 5. The zero-order valence-corrected chi connectivity index (χ0v) is 13.0. The summed E-state index contributed by atoms with van der Waals surface area (Å²) < 4.78 is 0. The highest BCUT2D eigenvalue weighted by Gasteiger charge is 2.29. The molecule has 1 fully saturated rings. The molecule has 1 saturated heterocycles. The quantitative estimate of drug-likeness (QED) is 0.892. The summed E-state index contributed by atoms with van der Waals surface area (Å²) in [5, 5.41) is 0. The minimum Gasteiger partial charge on any atom is -0.326 e. The Kier molecular flexibility index (Phi) is 5.52. The Bertz CT molecular complexity index is 385. The molecular weight excluding hydrogens is 248 g/mol. The molecule has 4 nitrogen and oxygen atoms in total. The lowest BCUT2D eigenvalue weighted by Crippen LogP contribution is -2.48. The summed E-state index contributed by atoms with van der Waals surface area (Å²) in [5.41, 5.74) is 7.47. The summed E-state index contributed by atoms with van der Waals surface area (Å²) in [7, 11) is 2.22. The number of likely N-dealkylation sites (tertiary alicyclic amines) is 1. The van der Waals surface area contributed by atoms with Crippen molar-refractivity contribution >= 4 is 0 Å². The van der Waals surface area contributed by atoms with Crippen LogP contribution in [-0.2, 0) is 0 Å². The van der Waals surface area contributed by atoms with Crippen LogP contribution < -0.4 is 5.73 Å². The van der Waals surface area contributed by atoms with Crippen molar-refractivity contribution in [3.8, 4) is 0 Å². The second kappa shape index (κ2) is 7.16. The van der Waals surface area contributed by atoms with Crippen LogP contribution in [0.5, 0.6) is 0 Å². The monoisotopic (exact) mass is 276 g/mol. The first-order valence-electron chi connectivity index (χ1n) is 7.73. The molecule has 4 heteroatoms. The molecule has 2 heterocycles. The predicted molar refractivity (Wildman–Crippen MR) is 83.5 cm³/mol. The van der Waals surface area contributed by atoms with E-state index in [-0.39, 0.29) is 12.1 Å². The van der Waals surface area contributed by atoms with Crippen molar-refractivity contribution < 1.29 is 0 Å². The Labute approximate surface area is 123 Å². The third-order valence-electron chi connectivity index (χ3n) is 4.54. The van der Waals surface area contributed by atoms with Crippen LogP contribution in [0.1, 0.15) is 38.3 Å². The maximum atomic E-state index is 6.25. The fraction of sp³-hybridized carbons (Fsp3) is 0.688. The van der Waals surface area contributed by atoms with E-state index >= 15 is 0 Å². The summed E-state index contributed by atoms with van der Waals surface area (Å²) in [6, 6.07) is 5.11. The van der Waals surface area contributed by atoms with E-state index in [0.717, 1.165) is 6.54 Å². The van der Waals surface area contributed by atoms with Gasteiger partial charge in [-0.05, 0) is 58.1 Å². The van der Waals surface area contributed by atoms with Crippen LogP contribution in [0.2, 0.25) is 0 Å². The van der Waals surface area contributed by atoms with E-state index < -0.39 is 0 Å². The number of nitrogens with zero attached hydrogens (tertiary/aromatic N) is 3. The summed E-state index contributed by atoms with van der Waals surface area (Å²) in [6.07, 6.45) is 6.23. The van der Waals surface area contributed by atoms with Crippen molar-refractivity contribution in [3.05, 3.63) is 30.1 Å². The van der Waals surface area contributed by atoms with Crippen molar-refractivity contribution in [2.24, 2.45) is 5.73 Å². The second-order valence-corrected chi connectivity index (χ2v) is 5.92. The predicted octanol–water partition coefficient (Wildman–Crippen LogP) is 1.89. The standard InChI is InChI=1S/C16H28N4/c1-4-20-10-7-15(8-11-20)19(3)16(13(2)17)14-6-5-9-18-12-14/h5-6,9,12-13,15-16H,4,7-8,10-11,17H2,1-3H3. The number of hydrogen-bond donors (Lipinski definition) is 1. The van der Waals surface area contributed by atoms with E-state index in [1.54, 1.807) is 0 Å². The number of aromatic nitrogens is 1. The maximum absolute atomic E-state index is 6.25. The average molecular weight is 276 g/mol. The lowest BCUT2D eigenvalue weighted by molar-refractivity contribution is 0.0894. The Morgan fingerprint density at radius 1 is 1.45 bits per heavy atom. The van der Waals surface area contributed by atoms with Gasteiger partial charge in [0.15, 0.2) is 0 Å². The SMILES string of the molecule is CCN1CCC(N(C)C(c2cccnc2)C(C)N)CC1. The van der Waals surface area contributed by atoms with Gasteiger partial charge in [-0.25, -0.2) is 0 Å². The van der Waals surface area contributed by atoms with Gasteiger partial charge in [0, 0.05) is 24.5 Å². The van der Waals surface area contributed by atoms with Crippen LogP contribution in [0.25, 0.3) is 0 Å². The van der Waals surface area contributed by atoms with E-state index in [4.69, 9.17) is 5.73 Å². The van der Waals surface area contributed by atoms with E-state index in [1.807, 2.05) is 18.5 Å². The Balaban J connectivity index is 2.07. The average Bonchev–Trinajstić information content (AvgIpc) is 2.48. The number of nitrogens with two attached hydrogens (primary N) is 1. The zero-order chi connectivity index (χ0) is 14.5. The van der Waals surface area contributed by atoms with E-state index in [1.165, 1.54) is 31.5 Å². The third-order valence-corrected chi connectivity index (χ3v) is 4.54. The van der Waals surface area contributed by atoms with Crippen molar-refractivity contribution in [1.29, 1.82) is 0 Å². The molecule has 0 bridgehead atoms. The topological polar surface area (TPSA) is 45.4 Å². The first kappa shape index (κ1) is 15.4. The van der Waals surface area contributed by atoms with Crippen LogP contribution in [0.15, 0.2) is 24.5 Å². The molecule has 2 atom stereocenters. The smallest absolute Gasteiger partial charge is 0.0511 e. The van der Waals surface area contributed by atoms with Gasteiger partial charge in [0.25, 0.3) is 0 Å². The highest BCUT2D eigenvalue weighted by Crippen LogP contribution is 2.27. The Morgan fingerprint density at radius 2 is 2.15 bits per heavy atom. The summed E-state index contributed by atoms with van der Waals surface area (Å²) in [6.45, 7) is 7.89. The minimum atomic E-state index is 0.105. The molecule has 1 aliphatic rings. The van der Waals surface area contributed by atoms with E-state index in [9.17, 15) is 0 Å². The minimum absolute atomic E-state index is 0.105. The molecule has 2 N–H and O–H groups in total. The molecule has 1 aromatic rings. The molecule has 0 spiro atoms. The highest BCUT2D eigenvalue weighted by molar-refractivity contribution is 5.16. The Hall–Kier alpha value is -0.970. The number of pyridine rings is 1. The van der Waals surface area contributed by atoms with Crippen LogP contribution in [0, 0.1) is 0 Å². The van der Waals surface area contributed by atoms with Gasteiger partial charge in [-0.3, -0.25) is 9.88 Å². The first-order chi connectivity index (χ1) is 9.63. The molecule has 20 heavy (non-hydrogen) atoms. The molecule has 112 valence electrons. The normalized spacial score (nSPS) is 21.1. The van der Waals surface area contributed by atoms with Gasteiger partial charge in [0.1, 0.15) is 0 Å². The fourth-order valence-corrected chi connectivity index (χ4v) is 3.33. The van der Waals surface area contributed by atoms with Crippen molar-refractivity contribution in [1.82, 2.24) is 14.8 Å². The maximum Gasteiger partial charge on any atom is 0.0511 e. The van der Waals surface area contributed by atoms with Crippen LogP contribution in [-0.4, -0.2) is 53.5 Å². The van der Waals surface area contributed by atoms with Gasteiger partial charge in [0.05, 0.1) is 6.04 Å². The highest BCUT2D eigenvalue weighted by atomic mass is 15.2. The van der Waals surface area contributed by atoms with Gasteiger partial charge in [0.2, 0.25) is 0 Å². The lowest BCUT2D eigenvalue weighted by atomic mass is 9.96. The van der Waals surface area contributed by atoms with Crippen LogP contribution in [0.4, 0.5) is 0 Å². The molecular formula is C16H28N4. The molecule has 0 aliphatic carbocycles. The molecule has 1 aliphatic heterocycles. The Morgan fingerprint density at radius 3 is 2.65 bits per heavy atom. The molecule has 0 saturated carbocycles. The fourth-order valence-electron chi connectivity index (χ4n) is 3.33. The first-order valence-corrected chi connectivity index (χ1v) is 7.73. The molecule has 2 rings (SSSR count). The zero-order valence-electron chi connectivity index (χ0n) is 13.0. The third kappa shape index (κ3) is 3.57. The van der Waals surface area contributed by atoms with Gasteiger partial charge in [-0.2, -0.15) is 0 Å².